The van der Waals surface area contributed by atoms with Crippen LogP contribution in [-0.2, 0) is 10.0 Å². The molecule has 4 nitrogen and oxygen atoms in total. The van der Waals surface area contributed by atoms with E-state index in [0.29, 0.717) is 6.42 Å². The van der Waals surface area contributed by atoms with Gasteiger partial charge < -0.3 is 5.11 Å². The first-order valence-corrected chi connectivity index (χ1v) is 7.05. The molecule has 0 fully saturated rings. The van der Waals surface area contributed by atoms with Crippen LogP contribution >= 0.6 is 0 Å². The summed E-state index contributed by atoms with van der Waals surface area (Å²) in [4.78, 5) is 0.247. The third kappa shape index (κ3) is 4.46. The van der Waals surface area contributed by atoms with Crippen molar-refractivity contribution in [2.45, 2.75) is 20.3 Å². The fraction of sp³-hybridized carbons (Fsp3) is 0.500. The smallest absolute Gasteiger partial charge is 0.240 e. The summed E-state index contributed by atoms with van der Waals surface area (Å²) in [7, 11) is -3.47. The number of aliphatic hydroxyl groups is 1. The van der Waals surface area contributed by atoms with Crippen LogP contribution in [-0.4, -0.2) is 26.7 Å². The molecule has 0 bridgehead atoms. The molecular formula is C12H19NO3S. The molecule has 1 rings (SSSR count). The average Bonchev–Trinajstić information content (AvgIpc) is 2.40. The van der Waals surface area contributed by atoms with Crippen LogP contribution in [0, 0.1) is 5.41 Å². The van der Waals surface area contributed by atoms with Gasteiger partial charge in [-0.05, 0) is 18.6 Å². The molecule has 0 heterocycles. The molecular weight excluding hydrogens is 238 g/mol. The van der Waals surface area contributed by atoms with E-state index in [2.05, 4.69) is 4.72 Å². The number of aliphatic hydroxyl groups excluding tert-OH is 1. The van der Waals surface area contributed by atoms with Crippen LogP contribution in [0.15, 0.2) is 35.3 Å². The summed E-state index contributed by atoms with van der Waals surface area (Å²) in [6.45, 7) is 4.23. The van der Waals surface area contributed by atoms with Gasteiger partial charge in [-0.15, -0.1) is 0 Å². The van der Waals surface area contributed by atoms with Crippen LogP contribution < -0.4 is 4.72 Å². The van der Waals surface area contributed by atoms with Gasteiger partial charge in [0.05, 0.1) is 4.91 Å². The first-order chi connectivity index (χ1) is 7.87. The molecule has 1 aliphatic rings. The van der Waals surface area contributed by atoms with E-state index < -0.39 is 10.0 Å². The highest BCUT2D eigenvalue weighted by Crippen LogP contribution is 2.23. The van der Waals surface area contributed by atoms with Gasteiger partial charge in [0.15, 0.2) is 0 Å². The van der Waals surface area contributed by atoms with E-state index in [4.69, 9.17) is 5.11 Å². The molecule has 5 heteroatoms. The van der Waals surface area contributed by atoms with Crippen molar-refractivity contribution in [1.82, 2.24) is 4.72 Å². The highest BCUT2D eigenvalue weighted by atomic mass is 32.2. The van der Waals surface area contributed by atoms with Crippen molar-refractivity contribution in [2.75, 3.05) is 13.2 Å². The van der Waals surface area contributed by atoms with Gasteiger partial charge in [-0.2, -0.15) is 0 Å². The normalized spacial score (nSPS) is 18.9. The summed E-state index contributed by atoms with van der Waals surface area (Å²) in [6.07, 6.45) is 9.15. The van der Waals surface area contributed by atoms with Crippen LogP contribution in [0.4, 0.5) is 0 Å². The van der Waals surface area contributed by atoms with Crippen molar-refractivity contribution < 1.29 is 13.5 Å². The third-order valence-electron chi connectivity index (χ3n) is 2.40. The molecule has 0 aromatic heterocycles. The molecule has 2 N–H and O–H groups in total. The molecule has 0 saturated heterocycles. The Morgan fingerprint density at radius 3 is 2.71 bits per heavy atom. The number of rotatable bonds is 5. The van der Waals surface area contributed by atoms with E-state index in [-0.39, 0.29) is 23.5 Å². The van der Waals surface area contributed by atoms with Crippen molar-refractivity contribution in [2.24, 2.45) is 5.41 Å². The van der Waals surface area contributed by atoms with E-state index in [0.717, 1.165) is 0 Å². The van der Waals surface area contributed by atoms with Gasteiger partial charge in [0.2, 0.25) is 10.0 Å². The van der Waals surface area contributed by atoms with Gasteiger partial charge >= 0.3 is 0 Å². The molecule has 0 spiro atoms. The number of allylic oxidation sites excluding steroid dienone is 5. The number of sulfonamides is 1. The highest BCUT2D eigenvalue weighted by Gasteiger charge is 2.17. The van der Waals surface area contributed by atoms with Gasteiger partial charge in [-0.3, -0.25) is 0 Å². The maximum atomic E-state index is 11.9. The Bertz CT molecular complexity index is 444. The summed E-state index contributed by atoms with van der Waals surface area (Å²) in [5.74, 6) is 0. The van der Waals surface area contributed by atoms with Gasteiger partial charge in [0, 0.05) is 18.6 Å². The van der Waals surface area contributed by atoms with Crippen molar-refractivity contribution in [3.05, 3.63) is 35.3 Å². The van der Waals surface area contributed by atoms with Crippen LogP contribution in [0.5, 0.6) is 0 Å². The summed E-state index contributed by atoms with van der Waals surface area (Å²) in [5, 5.41) is 8.61. The number of hydrogen-bond donors (Lipinski definition) is 2. The first-order valence-electron chi connectivity index (χ1n) is 5.57. The second kappa shape index (κ2) is 5.62. The molecule has 1 aliphatic carbocycles. The second-order valence-electron chi connectivity index (χ2n) is 4.56. The van der Waals surface area contributed by atoms with E-state index >= 15 is 0 Å². The zero-order valence-corrected chi connectivity index (χ0v) is 11.0. The predicted octanol–water partition coefficient (Wildman–Crippen LogP) is 1.32. The fourth-order valence-electron chi connectivity index (χ4n) is 1.35. The van der Waals surface area contributed by atoms with Gasteiger partial charge in [0.1, 0.15) is 0 Å². The van der Waals surface area contributed by atoms with E-state index in [1.54, 1.807) is 18.2 Å². The van der Waals surface area contributed by atoms with Crippen LogP contribution in [0.3, 0.4) is 0 Å². The Balaban J connectivity index is 2.80. The van der Waals surface area contributed by atoms with Crippen molar-refractivity contribution in [3.8, 4) is 0 Å². The molecule has 0 aromatic carbocycles. The minimum atomic E-state index is -3.47. The Hall–Kier alpha value is -0.910. The Morgan fingerprint density at radius 1 is 1.35 bits per heavy atom. The zero-order chi connectivity index (χ0) is 12.9. The van der Waals surface area contributed by atoms with E-state index in [1.165, 1.54) is 0 Å². The van der Waals surface area contributed by atoms with E-state index in [1.807, 2.05) is 26.0 Å². The van der Waals surface area contributed by atoms with Crippen molar-refractivity contribution in [3.63, 3.8) is 0 Å². The molecule has 0 unspecified atom stereocenters. The minimum absolute atomic E-state index is 0.0235. The second-order valence-corrected chi connectivity index (χ2v) is 6.32. The SMILES string of the molecule is CC1(C)C=CC=C(S(=O)(=O)NCCCO)C=C1. The summed E-state index contributed by atoms with van der Waals surface area (Å²) >= 11 is 0. The maximum absolute atomic E-state index is 11.9. The molecule has 0 amide bonds. The fourth-order valence-corrected chi connectivity index (χ4v) is 2.43. The maximum Gasteiger partial charge on any atom is 0.240 e. The average molecular weight is 257 g/mol. The summed E-state index contributed by atoms with van der Waals surface area (Å²) < 4.78 is 26.2. The summed E-state index contributed by atoms with van der Waals surface area (Å²) in [5.41, 5.74) is -0.140. The lowest BCUT2D eigenvalue weighted by molar-refractivity contribution is 0.289. The van der Waals surface area contributed by atoms with Crippen LogP contribution in [0.1, 0.15) is 20.3 Å². The topological polar surface area (TPSA) is 66.4 Å². The highest BCUT2D eigenvalue weighted by molar-refractivity contribution is 7.93. The van der Waals surface area contributed by atoms with Crippen molar-refractivity contribution >= 4 is 10.0 Å². The lowest BCUT2D eigenvalue weighted by atomic mass is 9.93. The van der Waals surface area contributed by atoms with E-state index in [9.17, 15) is 8.42 Å². The molecule has 96 valence electrons. The third-order valence-corrected chi connectivity index (χ3v) is 3.88. The van der Waals surface area contributed by atoms with Gasteiger partial charge in [-0.25, -0.2) is 13.1 Å². The van der Waals surface area contributed by atoms with Gasteiger partial charge in [-0.1, -0.05) is 32.1 Å². The quantitative estimate of drug-likeness (QED) is 0.730. The minimum Gasteiger partial charge on any atom is -0.396 e. The first kappa shape index (κ1) is 14.2. The standard InChI is InChI=1S/C12H19NO3S/c1-12(2)7-3-5-11(6-8-12)17(15,16)13-9-4-10-14/h3,5-8,13-14H,4,9-10H2,1-2H3. The Labute approximate surface area is 103 Å². The van der Waals surface area contributed by atoms with Crippen LogP contribution in [0.2, 0.25) is 0 Å². The molecule has 0 aliphatic heterocycles. The Kier molecular flexibility index (Phi) is 4.68. The van der Waals surface area contributed by atoms with Crippen LogP contribution in [0.25, 0.3) is 0 Å². The number of hydrogen-bond acceptors (Lipinski definition) is 3. The zero-order valence-electron chi connectivity index (χ0n) is 10.2. The largest absolute Gasteiger partial charge is 0.396 e. The lowest BCUT2D eigenvalue weighted by Crippen LogP contribution is -2.26. The molecule has 0 saturated carbocycles. The molecule has 0 aromatic rings. The monoisotopic (exact) mass is 257 g/mol. The lowest BCUT2D eigenvalue weighted by Gasteiger charge is -2.12. The Morgan fingerprint density at radius 2 is 2.06 bits per heavy atom. The molecule has 17 heavy (non-hydrogen) atoms. The van der Waals surface area contributed by atoms with Crippen molar-refractivity contribution in [1.29, 1.82) is 0 Å². The van der Waals surface area contributed by atoms with Gasteiger partial charge in [0.25, 0.3) is 0 Å². The summed E-state index contributed by atoms with van der Waals surface area (Å²) in [6, 6.07) is 0. The molecule has 0 radical (unpaired) electrons. The predicted molar refractivity (Wildman–Crippen MR) is 68.8 cm³/mol. The number of nitrogens with one attached hydrogen (secondary N) is 1. The molecule has 0 atom stereocenters.